The number of rotatable bonds is 4. The summed E-state index contributed by atoms with van der Waals surface area (Å²) in [4.78, 5) is 21.3. The highest BCUT2D eigenvalue weighted by molar-refractivity contribution is 6.42. The van der Waals surface area contributed by atoms with Crippen LogP contribution in [0.4, 0.5) is 11.4 Å². The van der Waals surface area contributed by atoms with Crippen molar-refractivity contribution < 1.29 is 14.8 Å². The fourth-order valence-electron chi connectivity index (χ4n) is 1.56. The molecule has 8 heteroatoms. The summed E-state index contributed by atoms with van der Waals surface area (Å²) in [6.45, 7) is 0. The molecule has 2 rings (SSSR count). The molecule has 1 fully saturated rings. The summed E-state index contributed by atoms with van der Waals surface area (Å²) in [5, 5.41) is 22.7. The lowest BCUT2D eigenvalue weighted by Gasteiger charge is -2.14. The van der Waals surface area contributed by atoms with Crippen molar-refractivity contribution in [3.05, 3.63) is 32.3 Å². The Hall–Kier alpha value is -1.53. The predicted octanol–water partition coefficient (Wildman–Crippen LogP) is 2.93. The standard InChI is InChI=1S/C10H8Cl2N2O4/c11-5-3-7(8(14(17)18)4-6(5)12)13-10(1-2-10)9(15)16/h3-4,13H,1-2H2,(H,15,16). The number of nitro benzene ring substituents is 1. The van der Waals surface area contributed by atoms with Gasteiger partial charge in [0.15, 0.2) is 0 Å². The molecular weight excluding hydrogens is 283 g/mol. The van der Waals surface area contributed by atoms with E-state index >= 15 is 0 Å². The van der Waals surface area contributed by atoms with Crippen molar-refractivity contribution in [1.82, 2.24) is 0 Å². The summed E-state index contributed by atoms with van der Waals surface area (Å²) >= 11 is 11.5. The molecule has 0 aromatic heterocycles. The molecule has 96 valence electrons. The van der Waals surface area contributed by atoms with E-state index in [1.807, 2.05) is 0 Å². The van der Waals surface area contributed by atoms with E-state index in [2.05, 4.69) is 5.32 Å². The van der Waals surface area contributed by atoms with Crippen LogP contribution in [-0.2, 0) is 4.79 Å². The molecule has 0 radical (unpaired) electrons. The van der Waals surface area contributed by atoms with Crippen LogP contribution in [0, 0.1) is 10.1 Å². The molecular formula is C10H8Cl2N2O4. The van der Waals surface area contributed by atoms with Crippen molar-refractivity contribution >= 4 is 40.5 Å². The molecule has 0 atom stereocenters. The van der Waals surface area contributed by atoms with Crippen molar-refractivity contribution in [3.63, 3.8) is 0 Å². The number of carboxylic acid groups (broad SMARTS) is 1. The van der Waals surface area contributed by atoms with E-state index in [4.69, 9.17) is 28.3 Å². The number of anilines is 1. The maximum Gasteiger partial charge on any atom is 0.329 e. The second-order valence-electron chi connectivity index (χ2n) is 4.05. The lowest BCUT2D eigenvalue weighted by molar-refractivity contribution is -0.384. The average Bonchev–Trinajstić information content (AvgIpc) is 3.03. The van der Waals surface area contributed by atoms with E-state index in [9.17, 15) is 14.9 Å². The number of hydrogen-bond donors (Lipinski definition) is 2. The van der Waals surface area contributed by atoms with Crippen LogP contribution >= 0.6 is 23.2 Å². The summed E-state index contributed by atoms with van der Waals surface area (Å²) in [5.41, 5.74) is -1.35. The quantitative estimate of drug-likeness (QED) is 0.657. The second kappa shape index (κ2) is 4.29. The van der Waals surface area contributed by atoms with Gasteiger partial charge in [-0.25, -0.2) is 4.79 Å². The van der Waals surface area contributed by atoms with E-state index in [1.54, 1.807) is 0 Å². The van der Waals surface area contributed by atoms with Crippen LogP contribution in [-0.4, -0.2) is 21.5 Å². The normalized spacial score (nSPS) is 16.1. The number of nitro groups is 1. The predicted molar refractivity (Wildman–Crippen MR) is 66.3 cm³/mol. The minimum Gasteiger partial charge on any atom is -0.480 e. The van der Waals surface area contributed by atoms with Gasteiger partial charge in [0.25, 0.3) is 5.69 Å². The average molecular weight is 291 g/mol. The molecule has 0 spiro atoms. The second-order valence-corrected chi connectivity index (χ2v) is 4.87. The Bertz CT molecular complexity index is 543. The Balaban J connectivity index is 2.41. The van der Waals surface area contributed by atoms with E-state index in [-0.39, 0.29) is 21.4 Å². The third kappa shape index (κ3) is 2.21. The fraction of sp³-hybridized carbons (Fsp3) is 0.300. The maximum absolute atomic E-state index is 11.0. The Morgan fingerprint density at radius 1 is 1.39 bits per heavy atom. The summed E-state index contributed by atoms with van der Waals surface area (Å²) in [7, 11) is 0. The zero-order valence-electron chi connectivity index (χ0n) is 8.94. The molecule has 1 aromatic carbocycles. The van der Waals surface area contributed by atoms with Crippen LogP contribution in [0.25, 0.3) is 0 Å². The van der Waals surface area contributed by atoms with Crippen LogP contribution < -0.4 is 5.32 Å². The first-order valence-electron chi connectivity index (χ1n) is 5.01. The third-order valence-corrected chi connectivity index (χ3v) is 3.49. The van der Waals surface area contributed by atoms with Crippen molar-refractivity contribution in [1.29, 1.82) is 0 Å². The molecule has 0 bridgehead atoms. The number of nitrogens with zero attached hydrogens (tertiary/aromatic N) is 1. The highest BCUT2D eigenvalue weighted by atomic mass is 35.5. The van der Waals surface area contributed by atoms with Crippen LogP contribution in [0.5, 0.6) is 0 Å². The van der Waals surface area contributed by atoms with Gasteiger partial charge in [0.05, 0.1) is 15.0 Å². The highest BCUT2D eigenvalue weighted by Gasteiger charge is 2.51. The highest BCUT2D eigenvalue weighted by Crippen LogP contribution is 2.43. The van der Waals surface area contributed by atoms with Crippen molar-refractivity contribution in [2.75, 3.05) is 5.32 Å². The van der Waals surface area contributed by atoms with Crippen molar-refractivity contribution in [2.24, 2.45) is 0 Å². The van der Waals surface area contributed by atoms with E-state index in [0.29, 0.717) is 12.8 Å². The van der Waals surface area contributed by atoms with Gasteiger partial charge in [-0.1, -0.05) is 23.2 Å². The van der Waals surface area contributed by atoms with Gasteiger partial charge in [-0.15, -0.1) is 0 Å². The summed E-state index contributed by atoms with van der Waals surface area (Å²) in [6, 6.07) is 2.37. The molecule has 1 aliphatic rings. The molecule has 6 nitrogen and oxygen atoms in total. The van der Waals surface area contributed by atoms with Gasteiger partial charge in [0, 0.05) is 6.07 Å². The Morgan fingerprint density at radius 3 is 2.39 bits per heavy atom. The van der Waals surface area contributed by atoms with Gasteiger partial charge in [-0.3, -0.25) is 10.1 Å². The molecule has 0 aliphatic heterocycles. The van der Waals surface area contributed by atoms with E-state index in [1.165, 1.54) is 6.07 Å². The zero-order valence-corrected chi connectivity index (χ0v) is 10.5. The molecule has 0 heterocycles. The summed E-state index contributed by atoms with van der Waals surface area (Å²) < 4.78 is 0. The van der Waals surface area contributed by atoms with Crippen molar-refractivity contribution in [3.8, 4) is 0 Å². The van der Waals surface area contributed by atoms with Gasteiger partial charge in [0.2, 0.25) is 0 Å². The maximum atomic E-state index is 11.0. The largest absolute Gasteiger partial charge is 0.480 e. The van der Waals surface area contributed by atoms with Crippen LogP contribution in [0.3, 0.4) is 0 Å². The number of benzene rings is 1. The molecule has 1 aromatic rings. The number of carboxylic acids is 1. The summed E-state index contributed by atoms with van der Waals surface area (Å²) in [5.74, 6) is -1.04. The SMILES string of the molecule is O=C(O)C1(Nc2cc(Cl)c(Cl)cc2[N+](=O)[O-])CC1. The molecule has 18 heavy (non-hydrogen) atoms. The molecule has 1 saturated carbocycles. The first-order chi connectivity index (χ1) is 8.35. The molecule has 1 aliphatic carbocycles. The van der Waals surface area contributed by atoms with Gasteiger partial charge in [-0.05, 0) is 18.9 Å². The Morgan fingerprint density at radius 2 is 1.94 bits per heavy atom. The molecule has 2 N–H and O–H groups in total. The minimum absolute atomic E-state index is 0.0501. The lowest BCUT2D eigenvalue weighted by atomic mass is 10.2. The monoisotopic (exact) mass is 290 g/mol. The number of carbonyl (C=O) groups is 1. The fourth-order valence-corrected chi connectivity index (χ4v) is 1.88. The molecule has 0 saturated heterocycles. The van der Waals surface area contributed by atoms with E-state index in [0.717, 1.165) is 6.07 Å². The Kier molecular flexibility index (Phi) is 3.08. The molecule has 0 amide bonds. The van der Waals surface area contributed by atoms with Crippen LogP contribution in [0.1, 0.15) is 12.8 Å². The van der Waals surface area contributed by atoms with Gasteiger partial charge >= 0.3 is 5.97 Å². The Labute approximate surface area is 112 Å². The number of nitrogens with one attached hydrogen (secondary N) is 1. The lowest BCUT2D eigenvalue weighted by Crippen LogP contribution is -2.31. The number of halogens is 2. The van der Waals surface area contributed by atoms with Crippen LogP contribution in [0.15, 0.2) is 12.1 Å². The van der Waals surface area contributed by atoms with Gasteiger partial charge in [-0.2, -0.15) is 0 Å². The zero-order chi connectivity index (χ0) is 13.5. The smallest absolute Gasteiger partial charge is 0.329 e. The summed E-state index contributed by atoms with van der Waals surface area (Å²) in [6.07, 6.45) is 0.833. The minimum atomic E-state index is -1.12. The van der Waals surface area contributed by atoms with Gasteiger partial charge < -0.3 is 10.4 Å². The third-order valence-electron chi connectivity index (χ3n) is 2.77. The van der Waals surface area contributed by atoms with Crippen molar-refractivity contribution in [2.45, 2.75) is 18.4 Å². The van der Waals surface area contributed by atoms with Gasteiger partial charge in [0.1, 0.15) is 11.2 Å². The van der Waals surface area contributed by atoms with E-state index < -0.39 is 16.4 Å². The number of aliphatic carboxylic acids is 1. The van der Waals surface area contributed by atoms with Crippen LogP contribution in [0.2, 0.25) is 10.0 Å². The number of hydrogen-bond acceptors (Lipinski definition) is 4. The topological polar surface area (TPSA) is 92.5 Å². The first-order valence-corrected chi connectivity index (χ1v) is 5.76. The first kappa shape index (κ1) is 12.9. The molecule has 0 unspecified atom stereocenters.